The second-order valence-corrected chi connectivity index (χ2v) is 6.77. The van der Waals surface area contributed by atoms with E-state index < -0.39 is 10.5 Å². The van der Waals surface area contributed by atoms with Gasteiger partial charge in [0.15, 0.2) is 0 Å². The average Bonchev–Trinajstić information content (AvgIpc) is 2.64. The van der Waals surface area contributed by atoms with Gasteiger partial charge in [0.1, 0.15) is 11.4 Å². The standard InChI is InChI=1S/C20H20N2O5/c1-12-10-17-16(8-9-20(3,11-23)27-17)13(2)18(12)21-19(24)14-4-6-15(7-5-14)22(25)26/h4-10,23H,11H2,1-3H3,(H,21,24). The van der Waals surface area contributed by atoms with Crippen molar-refractivity contribution in [3.63, 3.8) is 0 Å². The zero-order valence-electron chi connectivity index (χ0n) is 15.3. The third kappa shape index (κ3) is 3.54. The number of carbonyl (C=O) groups excluding carboxylic acids is 1. The predicted molar refractivity (Wildman–Crippen MR) is 102 cm³/mol. The van der Waals surface area contributed by atoms with Crippen molar-refractivity contribution in [2.24, 2.45) is 0 Å². The summed E-state index contributed by atoms with van der Waals surface area (Å²) in [6.07, 6.45) is 3.67. The van der Waals surface area contributed by atoms with Gasteiger partial charge in [0.25, 0.3) is 11.6 Å². The van der Waals surface area contributed by atoms with Crippen molar-refractivity contribution in [3.05, 3.63) is 68.8 Å². The maximum atomic E-state index is 12.6. The minimum Gasteiger partial charge on any atom is -0.480 e. The van der Waals surface area contributed by atoms with E-state index >= 15 is 0 Å². The van der Waals surface area contributed by atoms with Gasteiger partial charge in [0.05, 0.1) is 11.5 Å². The van der Waals surface area contributed by atoms with Crippen LogP contribution in [-0.4, -0.2) is 28.1 Å². The summed E-state index contributed by atoms with van der Waals surface area (Å²) in [5.74, 6) is 0.300. The Morgan fingerprint density at radius 1 is 1.30 bits per heavy atom. The first kappa shape index (κ1) is 18.6. The van der Waals surface area contributed by atoms with E-state index in [1.165, 1.54) is 24.3 Å². The SMILES string of the molecule is Cc1cc2c(c(C)c1NC(=O)c1ccc([N+](=O)[O-])cc1)C=CC(C)(CO)O2. The Hall–Kier alpha value is -3.19. The molecule has 0 aliphatic carbocycles. The summed E-state index contributed by atoms with van der Waals surface area (Å²) < 4.78 is 5.90. The number of nitro groups is 1. The first-order valence-electron chi connectivity index (χ1n) is 8.43. The Kier molecular flexibility index (Phi) is 4.72. The lowest BCUT2D eigenvalue weighted by Gasteiger charge is -2.31. The molecule has 140 valence electrons. The number of fused-ring (bicyclic) bond motifs is 1. The van der Waals surface area contributed by atoms with E-state index in [1.807, 2.05) is 26.0 Å². The fraction of sp³-hybridized carbons (Fsp3) is 0.250. The maximum absolute atomic E-state index is 12.6. The van der Waals surface area contributed by atoms with Crippen molar-refractivity contribution >= 4 is 23.4 Å². The molecule has 0 spiro atoms. The summed E-state index contributed by atoms with van der Waals surface area (Å²) in [6.45, 7) is 5.39. The lowest BCUT2D eigenvalue weighted by Crippen LogP contribution is -2.36. The number of aliphatic hydroxyl groups is 1. The molecule has 3 rings (SSSR count). The third-order valence-electron chi connectivity index (χ3n) is 4.62. The second-order valence-electron chi connectivity index (χ2n) is 6.77. The Balaban J connectivity index is 1.90. The molecule has 0 saturated heterocycles. The van der Waals surface area contributed by atoms with Crippen LogP contribution in [0.15, 0.2) is 36.4 Å². The molecule has 2 N–H and O–H groups in total. The molecule has 1 atom stereocenters. The largest absolute Gasteiger partial charge is 0.480 e. The molecule has 7 nitrogen and oxygen atoms in total. The van der Waals surface area contributed by atoms with E-state index in [9.17, 15) is 20.0 Å². The van der Waals surface area contributed by atoms with Crippen LogP contribution in [0.2, 0.25) is 0 Å². The molecule has 1 heterocycles. The number of rotatable bonds is 4. The molecule has 2 aromatic carbocycles. The average molecular weight is 368 g/mol. The Bertz CT molecular complexity index is 950. The van der Waals surface area contributed by atoms with E-state index in [0.717, 1.165) is 16.7 Å². The van der Waals surface area contributed by atoms with Crippen molar-refractivity contribution in [1.29, 1.82) is 0 Å². The Labute approximate surface area is 156 Å². The second kappa shape index (κ2) is 6.85. The van der Waals surface area contributed by atoms with E-state index in [-0.39, 0.29) is 18.2 Å². The Morgan fingerprint density at radius 3 is 2.56 bits per heavy atom. The molecule has 2 aromatic rings. The van der Waals surface area contributed by atoms with E-state index in [2.05, 4.69) is 5.32 Å². The van der Waals surface area contributed by atoms with Crippen LogP contribution in [-0.2, 0) is 0 Å². The lowest BCUT2D eigenvalue weighted by atomic mass is 9.95. The van der Waals surface area contributed by atoms with Crippen molar-refractivity contribution in [1.82, 2.24) is 0 Å². The van der Waals surface area contributed by atoms with Crippen molar-refractivity contribution in [2.45, 2.75) is 26.4 Å². The number of nitrogens with zero attached hydrogens (tertiary/aromatic N) is 1. The number of aryl methyl sites for hydroxylation is 1. The molecule has 0 saturated carbocycles. The quantitative estimate of drug-likeness (QED) is 0.634. The van der Waals surface area contributed by atoms with Crippen molar-refractivity contribution in [3.8, 4) is 5.75 Å². The molecule has 1 amide bonds. The maximum Gasteiger partial charge on any atom is 0.269 e. The van der Waals surface area contributed by atoms with E-state index in [4.69, 9.17) is 4.74 Å². The molecule has 1 unspecified atom stereocenters. The van der Waals surface area contributed by atoms with Gasteiger partial charge >= 0.3 is 0 Å². The van der Waals surface area contributed by atoms with Gasteiger partial charge in [-0.1, -0.05) is 6.08 Å². The minimum atomic E-state index is -0.768. The highest BCUT2D eigenvalue weighted by Crippen LogP contribution is 2.38. The number of anilines is 1. The highest BCUT2D eigenvalue weighted by Gasteiger charge is 2.28. The summed E-state index contributed by atoms with van der Waals surface area (Å²) >= 11 is 0. The molecular weight excluding hydrogens is 348 g/mol. The van der Waals surface area contributed by atoms with Crippen LogP contribution in [0.5, 0.6) is 5.75 Å². The first-order chi connectivity index (χ1) is 12.7. The number of hydrogen-bond acceptors (Lipinski definition) is 5. The van der Waals surface area contributed by atoms with Crippen LogP contribution in [0.4, 0.5) is 11.4 Å². The van der Waals surface area contributed by atoms with Gasteiger partial charge in [-0.25, -0.2) is 0 Å². The number of carbonyl (C=O) groups is 1. The van der Waals surface area contributed by atoms with Crippen LogP contribution < -0.4 is 10.1 Å². The zero-order valence-corrected chi connectivity index (χ0v) is 15.3. The summed E-state index contributed by atoms with van der Waals surface area (Å²) in [5, 5.41) is 23.1. The molecular formula is C20H20N2O5. The molecule has 0 aromatic heterocycles. The molecule has 0 radical (unpaired) electrons. The summed E-state index contributed by atoms with van der Waals surface area (Å²) in [4.78, 5) is 22.8. The zero-order chi connectivity index (χ0) is 19.8. The van der Waals surface area contributed by atoms with Crippen molar-refractivity contribution < 1.29 is 19.6 Å². The van der Waals surface area contributed by atoms with E-state index in [1.54, 1.807) is 13.0 Å². The molecule has 7 heteroatoms. The highest BCUT2D eigenvalue weighted by molar-refractivity contribution is 6.05. The molecule has 0 fully saturated rings. The van der Waals surface area contributed by atoms with Gasteiger partial charge in [-0.15, -0.1) is 0 Å². The van der Waals surface area contributed by atoms with Crippen LogP contribution in [0.1, 0.15) is 34.0 Å². The fourth-order valence-electron chi connectivity index (χ4n) is 3.00. The van der Waals surface area contributed by atoms with Gasteiger partial charge in [-0.3, -0.25) is 14.9 Å². The number of nitrogens with one attached hydrogen (secondary N) is 1. The first-order valence-corrected chi connectivity index (χ1v) is 8.43. The van der Waals surface area contributed by atoms with Crippen LogP contribution in [0, 0.1) is 24.0 Å². The Morgan fingerprint density at radius 2 is 1.96 bits per heavy atom. The predicted octanol–water partition coefficient (Wildman–Crippen LogP) is 3.62. The number of aliphatic hydroxyl groups excluding tert-OH is 1. The highest BCUT2D eigenvalue weighted by atomic mass is 16.6. The van der Waals surface area contributed by atoms with Crippen LogP contribution >= 0.6 is 0 Å². The number of ether oxygens (including phenoxy) is 1. The monoisotopic (exact) mass is 368 g/mol. The number of nitro benzene ring substituents is 1. The number of benzene rings is 2. The lowest BCUT2D eigenvalue weighted by molar-refractivity contribution is -0.384. The summed E-state index contributed by atoms with van der Waals surface area (Å²) in [6, 6.07) is 7.27. The third-order valence-corrected chi connectivity index (χ3v) is 4.62. The van der Waals surface area contributed by atoms with Crippen LogP contribution in [0.25, 0.3) is 6.08 Å². The summed E-state index contributed by atoms with van der Waals surface area (Å²) in [7, 11) is 0. The van der Waals surface area contributed by atoms with Crippen molar-refractivity contribution in [2.75, 3.05) is 11.9 Å². The fourth-order valence-corrected chi connectivity index (χ4v) is 3.00. The number of amides is 1. The molecule has 27 heavy (non-hydrogen) atoms. The van der Waals surface area contributed by atoms with E-state index in [0.29, 0.717) is 17.0 Å². The molecule has 0 bridgehead atoms. The number of non-ortho nitro benzene ring substituents is 1. The summed E-state index contributed by atoms with van der Waals surface area (Å²) in [5.41, 5.74) is 2.66. The van der Waals surface area contributed by atoms with Gasteiger partial charge in [0, 0.05) is 28.9 Å². The van der Waals surface area contributed by atoms with Gasteiger partial charge in [0.2, 0.25) is 0 Å². The topological polar surface area (TPSA) is 102 Å². The van der Waals surface area contributed by atoms with Gasteiger partial charge in [-0.2, -0.15) is 0 Å². The minimum absolute atomic E-state index is 0.0677. The van der Waals surface area contributed by atoms with Gasteiger partial charge in [-0.05, 0) is 56.2 Å². The molecule has 1 aliphatic rings. The van der Waals surface area contributed by atoms with Crippen LogP contribution in [0.3, 0.4) is 0 Å². The smallest absolute Gasteiger partial charge is 0.269 e. The number of hydrogen-bond donors (Lipinski definition) is 2. The van der Waals surface area contributed by atoms with Gasteiger partial charge < -0.3 is 15.2 Å². The normalized spacial score (nSPS) is 17.8. The molecule has 1 aliphatic heterocycles.